The van der Waals surface area contributed by atoms with Crippen molar-refractivity contribution in [2.75, 3.05) is 13.6 Å². The Labute approximate surface area is 148 Å². The van der Waals surface area contributed by atoms with Crippen LogP contribution in [0.1, 0.15) is 24.2 Å². The maximum atomic E-state index is 12.6. The van der Waals surface area contributed by atoms with Gasteiger partial charge in [0.05, 0.1) is 24.0 Å². The van der Waals surface area contributed by atoms with Crippen molar-refractivity contribution < 1.29 is 18.0 Å². The van der Waals surface area contributed by atoms with Gasteiger partial charge in [-0.2, -0.15) is 13.2 Å². The molecule has 0 bridgehead atoms. The lowest BCUT2D eigenvalue weighted by Crippen LogP contribution is -2.41. The molecule has 9 heteroatoms. The summed E-state index contributed by atoms with van der Waals surface area (Å²) >= 11 is 0. The lowest BCUT2D eigenvalue weighted by Gasteiger charge is -2.18. The molecule has 0 aliphatic carbocycles. The van der Waals surface area contributed by atoms with E-state index in [4.69, 9.17) is 0 Å². The van der Waals surface area contributed by atoms with Crippen molar-refractivity contribution in [1.29, 1.82) is 0 Å². The van der Waals surface area contributed by atoms with Crippen LogP contribution < -0.4 is 5.32 Å². The smallest absolute Gasteiger partial charge is 0.349 e. The average molecular weight is 365 g/mol. The molecule has 3 heterocycles. The van der Waals surface area contributed by atoms with E-state index in [2.05, 4.69) is 20.3 Å². The zero-order valence-corrected chi connectivity index (χ0v) is 14.1. The number of aromatic nitrogens is 3. The van der Waals surface area contributed by atoms with E-state index in [1.807, 2.05) is 11.9 Å². The molecule has 6 nitrogen and oxygen atoms in total. The fourth-order valence-corrected chi connectivity index (χ4v) is 2.90. The predicted molar refractivity (Wildman–Crippen MR) is 87.8 cm³/mol. The first-order valence-electron chi connectivity index (χ1n) is 8.17. The van der Waals surface area contributed by atoms with Gasteiger partial charge in [0, 0.05) is 11.8 Å². The quantitative estimate of drug-likeness (QED) is 0.900. The number of likely N-dealkylation sites (tertiary alicyclic amines) is 1. The zero-order valence-electron chi connectivity index (χ0n) is 14.1. The van der Waals surface area contributed by atoms with Crippen LogP contribution in [0.5, 0.6) is 0 Å². The van der Waals surface area contributed by atoms with E-state index in [0.29, 0.717) is 17.0 Å². The summed E-state index contributed by atoms with van der Waals surface area (Å²) < 4.78 is 37.8. The molecule has 0 saturated carbocycles. The maximum Gasteiger partial charge on any atom is 0.433 e. The molecule has 1 aliphatic rings. The number of nitrogens with one attached hydrogen (secondary N) is 1. The van der Waals surface area contributed by atoms with E-state index in [1.54, 1.807) is 6.07 Å². The minimum Gasteiger partial charge on any atom is -0.349 e. The number of hydrogen-bond donors (Lipinski definition) is 1. The number of amides is 1. The van der Waals surface area contributed by atoms with Crippen LogP contribution in [-0.2, 0) is 17.5 Å². The standard InChI is InChI=1S/C17H18F3N5O/c1-25-6-2-3-14(25)16(26)22-9-12-7-13(24-10-23-12)11-4-5-15(21-8-11)17(18,19)20/h4-5,7-8,10,14H,2-3,6,9H2,1H3,(H,22,26). The van der Waals surface area contributed by atoms with Gasteiger partial charge < -0.3 is 5.32 Å². The van der Waals surface area contributed by atoms with Crippen LogP contribution in [0.3, 0.4) is 0 Å². The summed E-state index contributed by atoms with van der Waals surface area (Å²) in [4.78, 5) is 25.8. The summed E-state index contributed by atoms with van der Waals surface area (Å²) in [5.74, 6) is -0.0543. The second-order valence-corrected chi connectivity index (χ2v) is 6.18. The molecule has 1 amide bonds. The molecule has 138 valence electrons. The summed E-state index contributed by atoms with van der Waals surface area (Å²) in [6.07, 6.45) is -0.216. The first kappa shape index (κ1) is 18.2. The van der Waals surface area contributed by atoms with Gasteiger partial charge in [-0.1, -0.05) is 0 Å². The van der Waals surface area contributed by atoms with Crippen molar-refractivity contribution in [3.63, 3.8) is 0 Å². The highest BCUT2D eigenvalue weighted by atomic mass is 19.4. The van der Waals surface area contributed by atoms with Crippen molar-refractivity contribution in [3.8, 4) is 11.3 Å². The molecule has 1 fully saturated rings. The molecule has 1 aliphatic heterocycles. The largest absolute Gasteiger partial charge is 0.433 e. The highest BCUT2D eigenvalue weighted by molar-refractivity contribution is 5.81. The van der Waals surface area contributed by atoms with Gasteiger partial charge in [-0.05, 0) is 44.6 Å². The molecule has 1 atom stereocenters. The Hall–Kier alpha value is -2.55. The van der Waals surface area contributed by atoms with Crippen LogP contribution >= 0.6 is 0 Å². The third kappa shape index (κ3) is 4.16. The summed E-state index contributed by atoms with van der Waals surface area (Å²) in [6.45, 7) is 1.13. The average Bonchev–Trinajstić information content (AvgIpc) is 3.05. The van der Waals surface area contributed by atoms with Gasteiger partial charge >= 0.3 is 6.18 Å². The molecule has 1 unspecified atom stereocenters. The van der Waals surface area contributed by atoms with E-state index >= 15 is 0 Å². The maximum absolute atomic E-state index is 12.6. The van der Waals surface area contributed by atoms with E-state index in [1.165, 1.54) is 12.4 Å². The number of nitrogens with zero attached hydrogens (tertiary/aromatic N) is 4. The molecule has 1 saturated heterocycles. The third-order valence-corrected chi connectivity index (χ3v) is 4.34. The molecule has 0 aromatic carbocycles. The Morgan fingerprint density at radius 1 is 1.31 bits per heavy atom. The van der Waals surface area contributed by atoms with Crippen molar-refractivity contribution in [2.24, 2.45) is 0 Å². The number of halogens is 3. The summed E-state index contributed by atoms with van der Waals surface area (Å²) in [5, 5.41) is 2.84. The monoisotopic (exact) mass is 365 g/mol. The van der Waals surface area contributed by atoms with Gasteiger partial charge in [0.15, 0.2) is 0 Å². The van der Waals surface area contributed by atoms with Crippen LogP contribution in [0, 0.1) is 0 Å². The second-order valence-electron chi connectivity index (χ2n) is 6.18. The number of hydrogen-bond acceptors (Lipinski definition) is 5. The Kier molecular flexibility index (Phi) is 5.17. The van der Waals surface area contributed by atoms with Crippen molar-refractivity contribution in [3.05, 3.63) is 42.1 Å². The van der Waals surface area contributed by atoms with Crippen LogP contribution in [0.2, 0.25) is 0 Å². The van der Waals surface area contributed by atoms with E-state index in [-0.39, 0.29) is 18.5 Å². The van der Waals surface area contributed by atoms with Crippen LogP contribution in [0.15, 0.2) is 30.7 Å². The second kappa shape index (κ2) is 7.36. The van der Waals surface area contributed by atoms with E-state index in [0.717, 1.165) is 31.6 Å². The number of rotatable bonds is 4. The van der Waals surface area contributed by atoms with Gasteiger partial charge in [0.1, 0.15) is 12.0 Å². The molecule has 0 radical (unpaired) electrons. The number of pyridine rings is 1. The topological polar surface area (TPSA) is 71.0 Å². The van der Waals surface area contributed by atoms with E-state index in [9.17, 15) is 18.0 Å². The number of carbonyl (C=O) groups is 1. The lowest BCUT2D eigenvalue weighted by molar-refractivity contribution is -0.141. The van der Waals surface area contributed by atoms with Gasteiger partial charge in [0.25, 0.3) is 0 Å². The first-order chi connectivity index (χ1) is 12.3. The normalized spacial score (nSPS) is 18.1. The van der Waals surface area contributed by atoms with Crippen molar-refractivity contribution >= 4 is 5.91 Å². The molecular formula is C17H18F3N5O. The molecule has 2 aromatic rings. The number of carbonyl (C=O) groups excluding carboxylic acids is 1. The van der Waals surface area contributed by atoms with E-state index < -0.39 is 11.9 Å². The fourth-order valence-electron chi connectivity index (χ4n) is 2.90. The minimum absolute atomic E-state index is 0.0543. The Balaban J connectivity index is 1.67. The van der Waals surface area contributed by atoms with Crippen LogP contribution in [0.25, 0.3) is 11.3 Å². The first-order valence-corrected chi connectivity index (χ1v) is 8.17. The highest BCUT2D eigenvalue weighted by Gasteiger charge is 2.32. The van der Waals surface area contributed by atoms with Crippen molar-refractivity contribution in [1.82, 2.24) is 25.2 Å². The predicted octanol–water partition coefficient (Wildman–Crippen LogP) is 2.27. The molecule has 26 heavy (non-hydrogen) atoms. The van der Waals surface area contributed by atoms with Crippen LogP contribution in [0.4, 0.5) is 13.2 Å². The zero-order chi connectivity index (χ0) is 18.7. The Morgan fingerprint density at radius 2 is 2.12 bits per heavy atom. The number of likely N-dealkylation sites (N-methyl/N-ethyl adjacent to an activating group) is 1. The number of alkyl halides is 3. The molecule has 3 rings (SSSR count). The van der Waals surface area contributed by atoms with Gasteiger partial charge in [-0.3, -0.25) is 14.7 Å². The minimum atomic E-state index is -4.48. The van der Waals surface area contributed by atoms with Gasteiger partial charge in [-0.15, -0.1) is 0 Å². The van der Waals surface area contributed by atoms with Gasteiger partial charge in [-0.25, -0.2) is 9.97 Å². The molecule has 1 N–H and O–H groups in total. The molecule has 0 spiro atoms. The third-order valence-electron chi connectivity index (χ3n) is 4.34. The molecule has 2 aromatic heterocycles. The Bertz CT molecular complexity index is 779. The molecular weight excluding hydrogens is 347 g/mol. The van der Waals surface area contributed by atoms with Gasteiger partial charge in [0.2, 0.25) is 5.91 Å². The SMILES string of the molecule is CN1CCCC1C(=O)NCc1cc(-c2ccc(C(F)(F)F)nc2)ncn1. The van der Waals surface area contributed by atoms with Crippen molar-refractivity contribution in [2.45, 2.75) is 31.6 Å². The summed E-state index contributed by atoms with van der Waals surface area (Å²) in [5.41, 5.74) is 0.513. The van der Waals surface area contributed by atoms with Crippen LogP contribution in [-0.4, -0.2) is 45.4 Å². The lowest BCUT2D eigenvalue weighted by atomic mass is 10.1. The summed E-state index contributed by atoms with van der Waals surface area (Å²) in [7, 11) is 1.91. The fraction of sp³-hybridized carbons (Fsp3) is 0.412. The summed E-state index contributed by atoms with van der Waals surface area (Å²) in [6, 6.07) is 3.72. The highest BCUT2D eigenvalue weighted by Crippen LogP contribution is 2.28. The Morgan fingerprint density at radius 3 is 2.73 bits per heavy atom.